The summed E-state index contributed by atoms with van der Waals surface area (Å²) in [7, 11) is 1.30. The van der Waals surface area contributed by atoms with Crippen molar-refractivity contribution >= 4 is 17.6 Å². The fourth-order valence-electron chi connectivity index (χ4n) is 3.73. The molecule has 1 aromatic carbocycles. The highest BCUT2D eigenvalue weighted by Crippen LogP contribution is 2.56. The van der Waals surface area contributed by atoms with Crippen molar-refractivity contribution in [3.05, 3.63) is 53.1 Å². The van der Waals surface area contributed by atoms with Crippen LogP contribution in [0.3, 0.4) is 0 Å². The predicted octanol–water partition coefficient (Wildman–Crippen LogP) is 2.55. The Kier molecular flexibility index (Phi) is 4.93. The van der Waals surface area contributed by atoms with Crippen LogP contribution in [-0.2, 0) is 10.3 Å². The van der Waals surface area contributed by atoms with Crippen LogP contribution in [0.15, 0.2) is 35.5 Å². The number of ether oxygens (including phenoxy) is 2. The SMILES string of the molecule is COc1cc(C#N)cnc1C(=O)Nc1ccc(F)c([C@@]2(C(F)F)N=C(N)O[C@@H]3CC32)c1. The maximum atomic E-state index is 14.7. The van der Waals surface area contributed by atoms with Gasteiger partial charge in [0.25, 0.3) is 18.4 Å². The molecule has 0 bridgehead atoms. The first-order chi connectivity index (χ1) is 14.8. The Bertz CT molecular complexity index is 1130. The van der Waals surface area contributed by atoms with Crippen molar-refractivity contribution < 1.29 is 27.4 Å². The van der Waals surface area contributed by atoms with Gasteiger partial charge in [0.15, 0.2) is 17.0 Å². The molecule has 2 aromatic rings. The van der Waals surface area contributed by atoms with Gasteiger partial charge in [-0.1, -0.05) is 0 Å². The Balaban J connectivity index is 1.70. The van der Waals surface area contributed by atoms with E-state index in [1.807, 2.05) is 6.07 Å². The summed E-state index contributed by atoms with van der Waals surface area (Å²) in [6.45, 7) is 0. The molecule has 160 valence electrons. The molecular formula is C20H16F3N5O3. The summed E-state index contributed by atoms with van der Waals surface area (Å²) in [6.07, 6.45) is -2.16. The molecule has 2 aliphatic rings. The summed E-state index contributed by atoms with van der Waals surface area (Å²) < 4.78 is 53.3. The first kappa shape index (κ1) is 20.5. The molecule has 8 nitrogen and oxygen atoms in total. The molecule has 1 saturated carbocycles. The number of anilines is 1. The van der Waals surface area contributed by atoms with E-state index in [4.69, 9.17) is 20.5 Å². The first-order valence-corrected chi connectivity index (χ1v) is 9.15. The number of carbonyl (C=O) groups excluding carboxylic acids is 1. The average Bonchev–Trinajstić information content (AvgIpc) is 3.53. The van der Waals surface area contributed by atoms with Crippen molar-refractivity contribution in [2.75, 3.05) is 12.4 Å². The van der Waals surface area contributed by atoms with E-state index in [9.17, 15) is 18.0 Å². The van der Waals surface area contributed by atoms with Gasteiger partial charge in [-0.05, 0) is 24.6 Å². The number of fused-ring (bicyclic) bond motifs is 1. The predicted molar refractivity (Wildman–Crippen MR) is 102 cm³/mol. The van der Waals surface area contributed by atoms with Crippen LogP contribution in [-0.4, -0.2) is 36.6 Å². The van der Waals surface area contributed by atoms with Gasteiger partial charge in [0.2, 0.25) is 0 Å². The van der Waals surface area contributed by atoms with Gasteiger partial charge in [0.05, 0.1) is 12.7 Å². The van der Waals surface area contributed by atoms with E-state index >= 15 is 0 Å². The molecule has 1 amide bonds. The minimum absolute atomic E-state index is 0.0468. The Morgan fingerprint density at radius 3 is 2.90 bits per heavy atom. The molecule has 0 radical (unpaired) electrons. The number of benzene rings is 1. The zero-order chi connectivity index (χ0) is 22.3. The molecule has 31 heavy (non-hydrogen) atoms. The Morgan fingerprint density at radius 1 is 1.45 bits per heavy atom. The molecule has 1 aromatic heterocycles. The van der Waals surface area contributed by atoms with Crippen LogP contribution in [0.1, 0.15) is 28.0 Å². The van der Waals surface area contributed by atoms with Gasteiger partial charge in [-0.25, -0.2) is 23.1 Å². The molecule has 1 aliphatic carbocycles. The van der Waals surface area contributed by atoms with Gasteiger partial charge in [0, 0.05) is 29.4 Å². The first-order valence-electron chi connectivity index (χ1n) is 9.15. The van der Waals surface area contributed by atoms with Crippen LogP contribution < -0.4 is 15.8 Å². The number of alkyl halides is 2. The van der Waals surface area contributed by atoms with Gasteiger partial charge in [0.1, 0.15) is 18.0 Å². The van der Waals surface area contributed by atoms with Crippen molar-refractivity contribution in [1.82, 2.24) is 4.98 Å². The minimum atomic E-state index is -3.05. The van der Waals surface area contributed by atoms with Crippen molar-refractivity contribution in [2.45, 2.75) is 24.5 Å². The number of pyridine rings is 1. The summed E-state index contributed by atoms with van der Waals surface area (Å²) in [5.41, 5.74) is 3.06. The lowest BCUT2D eigenvalue weighted by Crippen LogP contribution is -2.43. The van der Waals surface area contributed by atoms with Crippen LogP contribution in [0.25, 0.3) is 0 Å². The number of hydrogen-bond donors (Lipinski definition) is 2. The zero-order valence-electron chi connectivity index (χ0n) is 16.1. The van der Waals surface area contributed by atoms with Gasteiger partial charge < -0.3 is 20.5 Å². The summed E-state index contributed by atoms with van der Waals surface area (Å²) in [4.78, 5) is 20.4. The number of methoxy groups -OCH3 is 1. The molecule has 4 rings (SSSR count). The topological polar surface area (TPSA) is 123 Å². The third kappa shape index (κ3) is 3.39. The van der Waals surface area contributed by atoms with Crippen LogP contribution in [0, 0.1) is 23.1 Å². The highest BCUT2D eigenvalue weighted by molar-refractivity contribution is 6.04. The monoisotopic (exact) mass is 431 g/mol. The third-order valence-electron chi connectivity index (χ3n) is 5.27. The highest BCUT2D eigenvalue weighted by atomic mass is 19.3. The molecule has 1 unspecified atom stereocenters. The second kappa shape index (κ2) is 7.46. The molecule has 0 saturated heterocycles. The normalized spacial score (nSPS) is 23.8. The molecule has 2 heterocycles. The van der Waals surface area contributed by atoms with Crippen molar-refractivity contribution in [1.29, 1.82) is 5.26 Å². The second-order valence-electron chi connectivity index (χ2n) is 7.11. The van der Waals surface area contributed by atoms with E-state index in [0.29, 0.717) is 0 Å². The number of hydrogen-bond acceptors (Lipinski definition) is 7. The zero-order valence-corrected chi connectivity index (χ0v) is 16.1. The van der Waals surface area contributed by atoms with Crippen molar-refractivity contribution in [3.63, 3.8) is 0 Å². The fourth-order valence-corrected chi connectivity index (χ4v) is 3.73. The van der Waals surface area contributed by atoms with E-state index in [-0.39, 0.29) is 34.7 Å². The number of halogens is 3. The lowest BCUT2D eigenvalue weighted by molar-refractivity contribution is 0.0177. The summed E-state index contributed by atoms with van der Waals surface area (Å²) in [5, 5.41) is 11.4. The maximum absolute atomic E-state index is 14.7. The summed E-state index contributed by atoms with van der Waals surface area (Å²) in [5.74, 6) is -2.33. The van der Waals surface area contributed by atoms with Crippen LogP contribution in [0.2, 0.25) is 0 Å². The van der Waals surface area contributed by atoms with Crippen LogP contribution in [0.4, 0.5) is 18.9 Å². The van der Waals surface area contributed by atoms with Gasteiger partial charge >= 0.3 is 0 Å². The summed E-state index contributed by atoms with van der Waals surface area (Å²) >= 11 is 0. The highest BCUT2D eigenvalue weighted by Gasteiger charge is 2.64. The van der Waals surface area contributed by atoms with Crippen molar-refractivity contribution in [2.24, 2.45) is 16.6 Å². The quantitative estimate of drug-likeness (QED) is 0.750. The standard InChI is InChI=1S/C20H16F3N5O3/c1-30-15-4-9(7-24)8-26-16(15)17(29)27-10-2-3-13(21)11(5-10)20(18(22)23)12-6-14(12)31-19(25)28-20/h2-5,8,12,14,18H,6H2,1H3,(H2,25,28)(H,27,29)/t12?,14-,20-/m1/s1. The number of amides is 1. The molecule has 1 fully saturated rings. The fraction of sp³-hybridized carbons (Fsp3) is 0.300. The number of amidine groups is 1. The van der Waals surface area contributed by atoms with E-state index < -0.39 is 41.7 Å². The summed E-state index contributed by atoms with van der Waals surface area (Å²) in [6, 6.07) is 6.07. The van der Waals surface area contributed by atoms with E-state index in [1.54, 1.807) is 0 Å². The van der Waals surface area contributed by atoms with Gasteiger partial charge in [-0.3, -0.25) is 4.79 Å². The van der Waals surface area contributed by atoms with E-state index in [2.05, 4.69) is 15.3 Å². The minimum Gasteiger partial charge on any atom is -0.494 e. The number of nitrogens with one attached hydrogen (secondary N) is 1. The molecule has 11 heteroatoms. The number of aromatic nitrogens is 1. The Morgan fingerprint density at radius 2 is 2.23 bits per heavy atom. The third-order valence-corrected chi connectivity index (χ3v) is 5.27. The second-order valence-corrected chi connectivity index (χ2v) is 7.11. The van der Waals surface area contributed by atoms with Gasteiger partial charge in [-0.2, -0.15) is 5.26 Å². The maximum Gasteiger partial charge on any atom is 0.283 e. The molecule has 1 aliphatic heterocycles. The number of aliphatic imine (C=N–C) groups is 1. The van der Waals surface area contributed by atoms with Crippen LogP contribution in [0.5, 0.6) is 5.75 Å². The number of carbonyl (C=O) groups is 1. The molecule has 0 spiro atoms. The van der Waals surface area contributed by atoms with E-state index in [0.717, 1.165) is 12.1 Å². The number of nitrogens with zero attached hydrogens (tertiary/aromatic N) is 3. The average molecular weight is 431 g/mol. The molecular weight excluding hydrogens is 415 g/mol. The molecule has 3 atom stereocenters. The smallest absolute Gasteiger partial charge is 0.283 e. The van der Waals surface area contributed by atoms with Crippen LogP contribution >= 0.6 is 0 Å². The Labute approximate surface area is 174 Å². The number of nitrogens with two attached hydrogens (primary N) is 1. The van der Waals surface area contributed by atoms with Gasteiger partial charge in [-0.15, -0.1) is 0 Å². The Hall–Kier alpha value is -3.81. The lowest BCUT2D eigenvalue weighted by atomic mass is 9.84. The number of nitriles is 1. The largest absolute Gasteiger partial charge is 0.494 e. The van der Waals surface area contributed by atoms with E-state index in [1.165, 1.54) is 25.4 Å². The number of rotatable bonds is 5. The van der Waals surface area contributed by atoms with Crippen molar-refractivity contribution in [3.8, 4) is 11.8 Å². The molecule has 3 N–H and O–H groups in total. The lowest BCUT2D eigenvalue weighted by Gasteiger charge is -2.33.